The molecule has 1 fully saturated rings. The first-order valence-electron chi connectivity index (χ1n) is 6.14. The van der Waals surface area contributed by atoms with Crippen LogP contribution in [0.3, 0.4) is 0 Å². The molecule has 2 N–H and O–H groups in total. The highest BCUT2D eigenvalue weighted by Crippen LogP contribution is 2.32. The summed E-state index contributed by atoms with van der Waals surface area (Å²) in [4.78, 5) is 0. The van der Waals surface area contributed by atoms with Gasteiger partial charge in [-0.3, -0.25) is 0 Å². The minimum atomic E-state index is -0.281. The summed E-state index contributed by atoms with van der Waals surface area (Å²) in [7, 11) is 0. The Morgan fingerprint density at radius 1 is 1.24 bits per heavy atom. The second-order valence-corrected chi connectivity index (χ2v) is 5.19. The Hall–Kier alpha value is -0.900. The van der Waals surface area contributed by atoms with Crippen molar-refractivity contribution in [1.29, 1.82) is 0 Å². The van der Waals surface area contributed by atoms with Crippen LogP contribution < -0.4 is 5.73 Å². The van der Waals surface area contributed by atoms with Crippen molar-refractivity contribution in [3.05, 3.63) is 35.9 Å². The summed E-state index contributed by atoms with van der Waals surface area (Å²) < 4.78 is 11.0. The highest BCUT2D eigenvalue weighted by molar-refractivity contribution is 5.23. The Labute approximate surface area is 103 Å². The number of hydrogen-bond acceptors (Lipinski definition) is 3. The van der Waals surface area contributed by atoms with Gasteiger partial charge in [-0.15, -0.1) is 0 Å². The molecule has 1 saturated heterocycles. The molecule has 1 heterocycles. The van der Waals surface area contributed by atoms with E-state index in [0.717, 1.165) is 6.42 Å². The van der Waals surface area contributed by atoms with Gasteiger partial charge >= 0.3 is 0 Å². The first-order valence-corrected chi connectivity index (χ1v) is 6.14. The SMILES string of the molecule is CC(C)(N)C(CC1OCCO1)c1ccccc1. The lowest BCUT2D eigenvalue weighted by atomic mass is 9.80. The van der Waals surface area contributed by atoms with E-state index in [9.17, 15) is 0 Å². The Bertz CT molecular complexity index is 339. The van der Waals surface area contributed by atoms with E-state index in [1.807, 2.05) is 18.2 Å². The summed E-state index contributed by atoms with van der Waals surface area (Å²) in [6.07, 6.45) is 0.705. The molecule has 2 rings (SSSR count). The quantitative estimate of drug-likeness (QED) is 0.870. The van der Waals surface area contributed by atoms with Crippen molar-refractivity contribution in [2.75, 3.05) is 13.2 Å². The van der Waals surface area contributed by atoms with E-state index in [1.165, 1.54) is 5.56 Å². The highest BCUT2D eigenvalue weighted by Gasteiger charge is 2.31. The van der Waals surface area contributed by atoms with Gasteiger partial charge in [-0.05, 0) is 19.4 Å². The van der Waals surface area contributed by atoms with Gasteiger partial charge in [0.1, 0.15) is 0 Å². The highest BCUT2D eigenvalue weighted by atomic mass is 16.7. The molecule has 1 aliphatic rings. The fourth-order valence-corrected chi connectivity index (χ4v) is 2.29. The summed E-state index contributed by atoms with van der Waals surface area (Å²) in [6.45, 7) is 5.49. The van der Waals surface area contributed by atoms with E-state index in [0.29, 0.717) is 13.2 Å². The van der Waals surface area contributed by atoms with E-state index in [-0.39, 0.29) is 17.7 Å². The van der Waals surface area contributed by atoms with Crippen LogP contribution in [-0.2, 0) is 9.47 Å². The third-order valence-electron chi connectivity index (χ3n) is 3.22. The normalized spacial score (nSPS) is 19.5. The van der Waals surface area contributed by atoms with Gasteiger partial charge in [0, 0.05) is 17.9 Å². The zero-order chi connectivity index (χ0) is 12.3. The molecule has 1 aliphatic heterocycles. The van der Waals surface area contributed by atoms with Gasteiger partial charge in [-0.25, -0.2) is 0 Å². The predicted molar refractivity (Wildman–Crippen MR) is 67.8 cm³/mol. The average molecular weight is 235 g/mol. The third kappa shape index (κ3) is 3.28. The van der Waals surface area contributed by atoms with Crippen molar-refractivity contribution < 1.29 is 9.47 Å². The summed E-state index contributed by atoms with van der Waals surface area (Å²) in [6, 6.07) is 10.4. The molecule has 0 aromatic heterocycles. The van der Waals surface area contributed by atoms with Crippen LogP contribution in [0.1, 0.15) is 31.7 Å². The average Bonchev–Trinajstić information content (AvgIpc) is 2.78. The van der Waals surface area contributed by atoms with Crippen molar-refractivity contribution in [3.63, 3.8) is 0 Å². The van der Waals surface area contributed by atoms with E-state index in [4.69, 9.17) is 15.2 Å². The lowest BCUT2D eigenvalue weighted by Gasteiger charge is -2.32. The van der Waals surface area contributed by atoms with Crippen LogP contribution in [0.15, 0.2) is 30.3 Å². The molecule has 94 valence electrons. The molecule has 17 heavy (non-hydrogen) atoms. The molecule has 3 heteroatoms. The van der Waals surface area contributed by atoms with E-state index >= 15 is 0 Å². The van der Waals surface area contributed by atoms with Crippen LogP contribution >= 0.6 is 0 Å². The van der Waals surface area contributed by atoms with Crippen molar-refractivity contribution >= 4 is 0 Å². The third-order valence-corrected chi connectivity index (χ3v) is 3.22. The van der Waals surface area contributed by atoms with Gasteiger partial charge < -0.3 is 15.2 Å². The van der Waals surface area contributed by atoms with Gasteiger partial charge in [0.2, 0.25) is 0 Å². The first-order chi connectivity index (χ1) is 8.07. The number of rotatable bonds is 4. The largest absolute Gasteiger partial charge is 0.350 e. The molecule has 0 radical (unpaired) electrons. The molecule has 0 aliphatic carbocycles. The lowest BCUT2D eigenvalue weighted by molar-refractivity contribution is -0.0547. The maximum absolute atomic E-state index is 6.28. The second-order valence-electron chi connectivity index (χ2n) is 5.19. The second kappa shape index (κ2) is 5.17. The van der Waals surface area contributed by atoms with Crippen LogP contribution in [0.4, 0.5) is 0 Å². The van der Waals surface area contributed by atoms with Gasteiger partial charge in [-0.1, -0.05) is 30.3 Å². The van der Waals surface area contributed by atoms with Crippen molar-refractivity contribution in [3.8, 4) is 0 Å². The lowest BCUT2D eigenvalue weighted by Crippen LogP contribution is -2.41. The summed E-state index contributed by atoms with van der Waals surface area (Å²) in [5.41, 5.74) is 7.25. The maximum Gasteiger partial charge on any atom is 0.158 e. The number of benzene rings is 1. The topological polar surface area (TPSA) is 44.5 Å². The molecule has 1 unspecified atom stereocenters. The van der Waals surface area contributed by atoms with Gasteiger partial charge in [-0.2, -0.15) is 0 Å². The van der Waals surface area contributed by atoms with E-state index < -0.39 is 0 Å². The molecular formula is C14H21NO2. The molecular weight excluding hydrogens is 214 g/mol. The fraction of sp³-hybridized carbons (Fsp3) is 0.571. The number of nitrogens with two attached hydrogens (primary N) is 1. The molecule has 1 aromatic carbocycles. The zero-order valence-corrected chi connectivity index (χ0v) is 10.6. The van der Waals surface area contributed by atoms with Crippen molar-refractivity contribution in [1.82, 2.24) is 0 Å². The smallest absolute Gasteiger partial charge is 0.158 e. The minimum absolute atomic E-state index is 0.108. The van der Waals surface area contributed by atoms with Crippen LogP contribution in [0.5, 0.6) is 0 Å². The molecule has 1 aromatic rings. The van der Waals surface area contributed by atoms with Crippen molar-refractivity contribution in [2.24, 2.45) is 5.73 Å². The number of hydrogen-bond donors (Lipinski definition) is 1. The summed E-state index contributed by atoms with van der Waals surface area (Å²) in [5, 5.41) is 0. The summed E-state index contributed by atoms with van der Waals surface area (Å²) in [5.74, 6) is 0.242. The maximum atomic E-state index is 6.28. The Balaban J connectivity index is 2.14. The van der Waals surface area contributed by atoms with Crippen LogP contribution in [0, 0.1) is 0 Å². The van der Waals surface area contributed by atoms with Gasteiger partial charge in [0.05, 0.1) is 13.2 Å². The molecule has 1 atom stereocenters. The molecule has 0 spiro atoms. The molecule has 0 saturated carbocycles. The fourth-order valence-electron chi connectivity index (χ4n) is 2.29. The van der Waals surface area contributed by atoms with Gasteiger partial charge in [0.15, 0.2) is 6.29 Å². The Morgan fingerprint density at radius 2 is 1.82 bits per heavy atom. The van der Waals surface area contributed by atoms with Crippen LogP contribution in [0.2, 0.25) is 0 Å². The van der Waals surface area contributed by atoms with Crippen LogP contribution in [-0.4, -0.2) is 25.0 Å². The number of ether oxygens (including phenoxy) is 2. The van der Waals surface area contributed by atoms with Gasteiger partial charge in [0.25, 0.3) is 0 Å². The summed E-state index contributed by atoms with van der Waals surface area (Å²) >= 11 is 0. The zero-order valence-electron chi connectivity index (χ0n) is 10.6. The van der Waals surface area contributed by atoms with Crippen LogP contribution in [0.25, 0.3) is 0 Å². The molecule has 0 bridgehead atoms. The molecule has 3 nitrogen and oxygen atoms in total. The predicted octanol–water partition coefficient (Wildman–Crippen LogP) is 2.27. The monoisotopic (exact) mass is 235 g/mol. The van der Waals surface area contributed by atoms with E-state index in [2.05, 4.69) is 26.0 Å². The minimum Gasteiger partial charge on any atom is -0.350 e. The Kier molecular flexibility index (Phi) is 3.82. The van der Waals surface area contributed by atoms with Crippen molar-refractivity contribution in [2.45, 2.75) is 38.0 Å². The Morgan fingerprint density at radius 3 is 2.35 bits per heavy atom. The molecule has 0 amide bonds. The van der Waals surface area contributed by atoms with E-state index in [1.54, 1.807) is 0 Å². The standard InChI is InChI=1S/C14H21NO2/c1-14(2,15)12(10-13-16-8-9-17-13)11-6-4-3-5-7-11/h3-7,12-13H,8-10,15H2,1-2H3. The first kappa shape index (κ1) is 12.6.